The van der Waals surface area contributed by atoms with Crippen LogP contribution in [0.1, 0.15) is 60.3 Å². The molecule has 1 aliphatic heterocycles. The fourth-order valence-corrected chi connectivity index (χ4v) is 2.75. The van der Waals surface area contributed by atoms with E-state index in [9.17, 15) is 0 Å². The second-order valence-electron chi connectivity index (χ2n) is 6.94. The van der Waals surface area contributed by atoms with Crippen LogP contribution < -0.4 is 5.32 Å². The van der Waals surface area contributed by atoms with Crippen molar-refractivity contribution in [1.29, 1.82) is 0 Å². The number of hydrogen-bond donors (Lipinski definition) is 1. The molecule has 1 fully saturated rings. The molecule has 0 radical (unpaired) electrons. The van der Waals surface area contributed by atoms with Gasteiger partial charge in [-0.05, 0) is 64.5 Å². The van der Waals surface area contributed by atoms with E-state index in [2.05, 4.69) is 44.8 Å². The average Bonchev–Trinajstić information content (AvgIpc) is 2.54. The average molecular weight is 254 g/mol. The molecule has 0 aliphatic carbocycles. The summed E-state index contributed by atoms with van der Waals surface area (Å²) < 4.78 is 0. The zero-order chi connectivity index (χ0) is 13.6. The van der Waals surface area contributed by atoms with Crippen LogP contribution in [0.3, 0.4) is 0 Å². The standard InChI is InChI=1S/C16H34N2/c1-6-16(4,5)17-10-13-18-11-7-8-15(9-12-18)14(2)3/h14-15,17H,6-13H2,1-5H3. The summed E-state index contributed by atoms with van der Waals surface area (Å²) in [5.41, 5.74) is 0.298. The molecule has 0 bridgehead atoms. The Morgan fingerprint density at radius 1 is 1.22 bits per heavy atom. The van der Waals surface area contributed by atoms with E-state index in [0.29, 0.717) is 5.54 Å². The molecule has 1 rings (SSSR count). The summed E-state index contributed by atoms with van der Waals surface area (Å²) >= 11 is 0. The zero-order valence-electron chi connectivity index (χ0n) is 13.3. The minimum absolute atomic E-state index is 0.298. The van der Waals surface area contributed by atoms with Crippen LogP contribution in [0.4, 0.5) is 0 Å². The Morgan fingerprint density at radius 2 is 1.94 bits per heavy atom. The number of nitrogens with one attached hydrogen (secondary N) is 1. The molecule has 2 nitrogen and oxygen atoms in total. The molecule has 0 amide bonds. The van der Waals surface area contributed by atoms with Gasteiger partial charge >= 0.3 is 0 Å². The van der Waals surface area contributed by atoms with E-state index in [1.807, 2.05) is 0 Å². The summed E-state index contributed by atoms with van der Waals surface area (Å²) in [5, 5.41) is 3.67. The predicted octanol–water partition coefficient (Wildman–Crippen LogP) is 3.52. The van der Waals surface area contributed by atoms with Crippen molar-refractivity contribution in [2.45, 2.75) is 65.8 Å². The maximum atomic E-state index is 3.67. The van der Waals surface area contributed by atoms with Crippen molar-refractivity contribution in [3.63, 3.8) is 0 Å². The van der Waals surface area contributed by atoms with Crippen molar-refractivity contribution in [2.24, 2.45) is 11.8 Å². The van der Waals surface area contributed by atoms with E-state index in [1.165, 1.54) is 45.3 Å². The quantitative estimate of drug-likeness (QED) is 0.780. The molecule has 2 heteroatoms. The summed E-state index contributed by atoms with van der Waals surface area (Å²) in [6, 6.07) is 0. The van der Waals surface area contributed by atoms with E-state index in [-0.39, 0.29) is 0 Å². The molecule has 1 heterocycles. The lowest BCUT2D eigenvalue weighted by molar-refractivity contribution is 0.256. The third-order valence-corrected chi connectivity index (χ3v) is 4.72. The molecule has 1 saturated heterocycles. The molecule has 1 N–H and O–H groups in total. The fraction of sp³-hybridized carbons (Fsp3) is 1.00. The minimum atomic E-state index is 0.298. The molecule has 1 atom stereocenters. The first-order valence-electron chi connectivity index (χ1n) is 7.92. The number of hydrogen-bond acceptors (Lipinski definition) is 2. The zero-order valence-corrected chi connectivity index (χ0v) is 13.3. The van der Waals surface area contributed by atoms with Crippen LogP contribution in [0.5, 0.6) is 0 Å². The molecular formula is C16H34N2. The molecule has 0 aromatic heterocycles. The van der Waals surface area contributed by atoms with Gasteiger partial charge in [0.1, 0.15) is 0 Å². The van der Waals surface area contributed by atoms with Gasteiger partial charge in [-0.2, -0.15) is 0 Å². The first-order valence-corrected chi connectivity index (χ1v) is 7.92. The number of rotatable bonds is 6. The highest BCUT2D eigenvalue weighted by Gasteiger charge is 2.20. The highest BCUT2D eigenvalue weighted by molar-refractivity contribution is 4.77. The van der Waals surface area contributed by atoms with Gasteiger partial charge in [0, 0.05) is 18.6 Å². The van der Waals surface area contributed by atoms with E-state index in [4.69, 9.17) is 0 Å². The van der Waals surface area contributed by atoms with Gasteiger partial charge in [0.25, 0.3) is 0 Å². The van der Waals surface area contributed by atoms with Crippen LogP contribution >= 0.6 is 0 Å². The van der Waals surface area contributed by atoms with Crippen LogP contribution in [-0.4, -0.2) is 36.6 Å². The van der Waals surface area contributed by atoms with E-state index in [0.717, 1.165) is 18.4 Å². The molecular weight excluding hydrogens is 220 g/mol. The molecule has 108 valence electrons. The van der Waals surface area contributed by atoms with Gasteiger partial charge in [-0.1, -0.05) is 20.8 Å². The Labute approximate surface area is 115 Å². The Bertz CT molecular complexity index is 223. The van der Waals surface area contributed by atoms with Crippen molar-refractivity contribution in [3.8, 4) is 0 Å². The molecule has 1 aliphatic rings. The highest BCUT2D eigenvalue weighted by atomic mass is 15.1. The third-order valence-electron chi connectivity index (χ3n) is 4.72. The van der Waals surface area contributed by atoms with Gasteiger partial charge in [-0.25, -0.2) is 0 Å². The normalized spacial score (nSPS) is 23.3. The smallest absolute Gasteiger partial charge is 0.0123 e. The first-order chi connectivity index (χ1) is 8.44. The van der Waals surface area contributed by atoms with Gasteiger partial charge < -0.3 is 10.2 Å². The molecule has 0 saturated carbocycles. The van der Waals surface area contributed by atoms with Crippen LogP contribution in [0.2, 0.25) is 0 Å². The largest absolute Gasteiger partial charge is 0.311 e. The van der Waals surface area contributed by atoms with E-state index in [1.54, 1.807) is 0 Å². The fourth-order valence-electron chi connectivity index (χ4n) is 2.75. The van der Waals surface area contributed by atoms with E-state index >= 15 is 0 Å². The Hall–Kier alpha value is -0.0800. The van der Waals surface area contributed by atoms with Crippen LogP contribution in [0, 0.1) is 11.8 Å². The molecule has 18 heavy (non-hydrogen) atoms. The maximum absolute atomic E-state index is 3.67. The minimum Gasteiger partial charge on any atom is -0.311 e. The number of likely N-dealkylation sites (tertiary alicyclic amines) is 1. The summed E-state index contributed by atoms with van der Waals surface area (Å²) in [6.07, 6.45) is 5.42. The SMILES string of the molecule is CCC(C)(C)NCCN1CCCC(C(C)C)CC1. The Kier molecular flexibility index (Phi) is 6.65. The van der Waals surface area contributed by atoms with E-state index < -0.39 is 0 Å². The second kappa shape index (κ2) is 7.49. The van der Waals surface area contributed by atoms with Gasteiger partial charge in [0.15, 0.2) is 0 Å². The van der Waals surface area contributed by atoms with Crippen molar-refractivity contribution in [2.75, 3.05) is 26.2 Å². The van der Waals surface area contributed by atoms with Crippen molar-refractivity contribution >= 4 is 0 Å². The monoisotopic (exact) mass is 254 g/mol. The lowest BCUT2D eigenvalue weighted by Crippen LogP contribution is -2.43. The second-order valence-corrected chi connectivity index (χ2v) is 6.94. The van der Waals surface area contributed by atoms with Gasteiger partial charge in [-0.15, -0.1) is 0 Å². The predicted molar refractivity (Wildman–Crippen MR) is 81.0 cm³/mol. The summed E-state index contributed by atoms with van der Waals surface area (Å²) in [6.45, 7) is 16.6. The van der Waals surface area contributed by atoms with Gasteiger partial charge in [0.2, 0.25) is 0 Å². The third kappa shape index (κ3) is 5.71. The van der Waals surface area contributed by atoms with Crippen molar-refractivity contribution < 1.29 is 0 Å². The maximum Gasteiger partial charge on any atom is 0.0123 e. The number of nitrogens with zero attached hydrogens (tertiary/aromatic N) is 1. The van der Waals surface area contributed by atoms with Crippen LogP contribution in [0.25, 0.3) is 0 Å². The Balaban J connectivity index is 2.23. The summed E-state index contributed by atoms with van der Waals surface area (Å²) in [4.78, 5) is 2.65. The van der Waals surface area contributed by atoms with Crippen molar-refractivity contribution in [3.05, 3.63) is 0 Å². The molecule has 0 aromatic carbocycles. The molecule has 0 spiro atoms. The summed E-state index contributed by atoms with van der Waals surface area (Å²) in [5.74, 6) is 1.82. The van der Waals surface area contributed by atoms with Crippen LogP contribution in [0.15, 0.2) is 0 Å². The van der Waals surface area contributed by atoms with Crippen molar-refractivity contribution in [1.82, 2.24) is 10.2 Å². The van der Waals surface area contributed by atoms with Gasteiger partial charge in [-0.3, -0.25) is 0 Å². The molecule has 1 unspecified atom stereocenters. The Morgan fingerprint density at radius 3 is 2.56 bits per heavy atom. The lowest BCUT2D eigenvalue weighted by Gasteiger charge is -2.27. The summed E-state index contributed by atoms with van der Waals surface area (Å²) in [7, 11) is 0. The first kappa shape index (κ1) is 16.0. The van der Waals surface area contributed by atoms with Gasteiger partial charge in [0.05, 0.1) is 0 Å². The molecule has 0 aromatic rings. The topological polar surface area (TPSA) is 15.3 Å². The highest BCUT2D eigenvalue weighted by Crippen LogP contribution is 2.24. The van der Waals surface area contributed by atoms with Crippen LogP contribution in [-0.2, 0) is 0 Å². The lowest BCUT2D eigenvalue weighted by atomic mass is 9.89.